The van der Waals surface area contributed by atoms with Crippen LogP contribution in [0.4, 0.5) is 26.3 Å². The SMILES string of the molecule is CN=C(N1CCC(C(F)(F)F)CC1)N1CCC(C(F)(F)F)CC1. The molecule has 134 valence electrons. The molecular weight excluding hydrogens is 324 g/mol. The van der Waals surface area contributed by atoms with E-state index in [9.17, 15) is 26.3 Å². The van der Waals surface area contributed by atoms with Crippen LogP contribution in [0.2, 0.25) is 0 Å². The monoisotopic (exact) mass is 345 g/mol. The second-order valence-electron chi connectivity index (χ2n) is 6.13. The van der Waals surface area contributed by atoms with Crippen molar-refractivity contribution < 1.29 is 26.3 Å². The van der Waals surface area contributed by atoms with E-state index >= 15 is 0 Å². The lowest BCUT2D eigenvalue weighted by Crippen LogP contribution is -2.52. The van der Waals surface area contributed by atoms with Gasteiger partial charge in [-0.05, 0) is 25.7 Å². The van der Waals surface area contributed by atoms with E-state index in [1.54, 1.807) is 9.80 Å². The van der Waals surface area contributed by atoms with Crippen LogP contribution >= 0.6 is 0 Å². The number of likely N-dealkylation sites (tertiary alicyclic amines) is 2. The van der Waals surface area contributed by atoms with Gasteiger partial charge in [-0.2, -0.15) is 26.3 Å². The van der Waals surface area contributed by atoms with Gasteiger partial charge in [-0.1, -0.05) is 0 Å². The predicted octanol–water partition coefficient (Wildman–Crippen LogP) is 3.52. The molecule has 0 aromatic carbocycles. The number of rotatable bonds is 0. The van der Waals surface area contributed by atoms with Crippen molar-refractivity contribution in [2.24, 2.45) is 16.8 Å². The van der Waals surface area contributed by atoms with Crippen molar-refractivity contribution in [3.63, 3.8) is 0 Å². The summed E-state index contributed by atoms with van der Waals surface area (Å²) in [7, 11) is 1.53. The molecule has 2 rings (SSSR count). The van der Waals surface area contributed by atoms with Gasteiger partial charge in [0.2, 0.25) is 0 Å². The van der Waals surface area contributed by atoms with E-state index in [0.717, 1.165) is 0 Å². The minimum atomic E-state index is -4.18. The standard InChI is InChI=1S/C14H21F6N3/c1-21-12(22-6-2-10(3-7-22)13(15,16)17)23-8-4-11(5-9-23)14(18,19)20/h10-11H,2-9H2,1H3. The summed E-state index contributed by atoms with van der Waals surface area (Å²) in [4.78, 5) is 7.64. The molecular formula is C14H21F6N3. The summed E-state index contributed by atoms with van der Waals surface area (Å²) in [6, 6.07) is 0. The largest absolute Gasteiger partial charge is 0.391 e. The van der Waals surface area contributed by atoms with Crippen LogP contribution in [0.3, 0.4) is 0 Å². The first-order chi connectivity index (χ1) is 10.6. The molecule has 3 nitrogen and oxygen atoms in total. The molecule has 23 heavy (non-hydrogen) atoms. The van der Waals surface area contributed by atoms with E-state index in [4.69, 9.17) is 0 Å². The Balaban J connectivity index is 1.90. The summed E-state index contributed by atoms with van der Waals surface area (Å²) in [6.45, 7) is 0.929. The number of hydrogen-bond donors (Lipinski definition) is 0. The van der Waals surface area contributed by atoms with Crippen LogP contribution in [0, 0.1) is 11.8 Å². The summed E-state index contributed by atoms with van der Waals surface area (Å²) >= 11 is 0. The lowest BCUT2D eigenvalue weighted by molar-refractivity contribution is -0.184. The third kappa shape index (κ3) is 4.44. The van der Waals surface area contributed by atoms with Crippen LogP contribution < -0.4 is 0 Å². The van der Waals surface area contributed by atoms with E-state index in [0.29, 0.717) is 5.96 Å². The molecule has 0 N–H and O–H groups in total. The Morgan fingerprint density at radius 1 is 0.739 bits per heavy atom. The van der Waals surface area contributed by atoms with Gasteiger partial charge in [-0.25, -0.2) is 0 Å². The minimum absolute atomic E-state index is 0.00152. The molecule has 0 saturated carbocycles. The van der Waals surface area contributed by atoms with Crippen LogP contribution in [-0.4, -0.2) is 61.3 Å². The molecule has 2 aliphatic rings. The van der Waals surface area contributed by atoms with Crippen LogP contribution in [-0.2, 0) is 0 Å². The summed E-state index contributed by atoms with van der Waals surface area (Å²) in [5.74, 6) is -2.08. The lowest BCUT2D eigenvalue weighted by Gasteiger charge is -2.41. The highest BCUT2D eigenvalue weighted by Crippen LogP contribution is 2.36. The summed E-state index contributed by atoms with van der Waals surface area (Å²) in [6.07, 6.45) is -8.35. The van der Waals surface area contributed by atoms with Gasteiger partial charge in [0, 0.05) is 33.2 Å². The van der Waals surface area contributed by atoms with Crippen LogP contribution in [0.5, 0.6) is 0 Å². The zero-order valence-electron chi connectivity index (χ0n) is 12.9. The van der Waals surface area contributed by atoms with Gasteiger partial charge in [0.05, 0.1) is 11.8 Å². The first kappa shape index (κ1) is 18.2. The molecule has 0 amide bonds. The number of piperidine rings is 2. The summed E-state index contributed by atoms with van der Waals surface area (Å²) in [5, 5.41) is 0. The highest BCUT2D eigenvalue weighted by Gasteiger charge is 2.43. The van der Waals surface area contributed by atoms with Gasteiger partial charge >= 0.3 is 12.4 Å². The highest BCUT2D eigenvalue weighted by atomic mass is 19.4. The Kier molecular flexibility index (Phi) is 5.35. The third-order valence-electron chi connectivity index (χ3n) is 4.68. The first-order valence-corrected chi connectivity index (χ1v) is 7.73. The molecule has 0 aromatic rings. The Morgan fingerprint density at radius 2 is 1.04 bits per heavy atom. The van der Waals surface area contributed by atoms with E-state index in [1.807, 2.05) is 0 Å². The fourth-order valence-electron chi connectivity index (χ4n) is 3.30. The number of alkyl halides is 6. The molecule has 0 unspecified atom stereocenters. The van der Waals surface area contributed by atoms with Gasteiger partial charge < -0.3 is 9.80 Å². The smallest absolute Gasteiger partial charge is 0.343 e. The van der Waals surface area contributed by atoms with Crippen LogP contribution in [0.25, 0.3) is 0 Å². The zero-order chi connectivity index (χ0) is 17.3. The van der Waals surface area contributed by atoms with E-state index in [2.05, 4.69) is 4.99 Å². The predicted molar refractivity (Wildman–Crippen MR) is 74.1 cm³/mol. The Morgan fingerprint density at radius 3 is 1.26 bits per heavy atom. The Bertz CT molecular complexity index is 379. The molecule has 0 aromatic heterocycles. The molecule has 2 saturated heterocycles. The maximum absolute atomic E-state index is 12.7. The van der Waals surface area contributed by atoms with Crippen molar-refractivity contribution in [3.8, 4) is 0 Å². The van der Waals surface area contributed by atoms with Gasteiger partial charge in [-0.3, -0.25) is 4.99 Å². The maximum atomic E-state index is 12.7. The topological polar surface area (TPSA) is 18.8 Å². The van der Waals surface area contributed by atoms with Crippen molar-refractivity contribution in [2.75, 3.05) is 33.2 Å². The number of aliphatic imine (C=N–C) groups is 1. The number of guanidine groups is 1. The normalized spacial score (nSPS) is 22.4. The van der Waals surface area contributed by atoms with Crippen molar-refractivity contribution >= 4 is 5.96 Å². The number of halogens is 6. The quantitative estimate of drug-likeness (QED) is 0.380. The molecule has 0 spiro atoms. The zero-order valence-corrected chi connectivity index (χ0v) is 12.9. The number of hydrogen-bond acceptors (Lipinski definition) is 1. The molecule has 2 heterocycles. The average Bonchev–Trinajstić information content (AvgIpc) is 2.47. The lowest BCUT2D eigenvalue weighted by atomic mass is 9.95. The summed E-state index contributed by atoms with van der Waals surface area (Å²) in [5.41, 5.74) is 0. The van der Waals surface area contributed by atoms with Gasteiger partial charge in [-0.15, -0.1) is 0 Å². The summed E-state index contributed by atoms with van der Waals surface area (Å²) < 4.78 is 76.2. The fourth-order valence-corrected chi connectivity index (χ4v) is 3.30. The van der Waals surface area contributed by atoms with Gasteiger partial charge in [0.25, 0.3) is 0 Å². The van der Waals surface area contributed by atoms with E-state index < -0.39 is 24.2 Å². The van der Waals surface area contributed by atoms with E-state index in [-0.39, 0.29) is 51.9 Å². The molecule has 2 aliphatic heterocycles. The molecule has 0 bridgehead atoms. The van der Waals surface area contributed by atoms with Gasteiger partial charge in [0.15, 0.2) is 5.96 Å². The molecule has 0 radical (unpaired) electrons. The Hall–Kier alpha value is -1.15. The Labute approximate surface area is 131 Å². The van der Waals surface area contributed by atoms with Gasteiger partial charge in [0.1, 0.15) is 0 Å². The molecule has 0 aliphatic carbocycles. The van der Waals surface area contributed by atoms with Crippen molar-refractivity contribution in [1.82, 2.24) is 9.80 Å². The molecule has 9 heteroatoms. The van der Waals surface area contributed by atoms with Crippen molar-refractivity contribution in [3.05, 3.63) is 0 Å². The number of nitrogens with zero attached hydrogens (tertiary/aromatic N) is 3. The fraction of sp³-hybridized carbons (Fsp3) is 0.929. The third-order valence-corrected chi connectivity index (χ3v) is 4.68. The van der Waals surface area contributed by atoms with Crippen LogP contribution in [0.1, 0.15) is 25.7 Å². The first-order valence-electron chi connectivity index (χ1n) is 7.73. The van der Waals surface area contributed by atoms with E-state index in [1.165, 1.54) is 7.05 Å². The second kappa shape index (κ2) is 6.76. The van der Waals surface area contributed by atoms with Crippen molar-refractivity contribution in [2.45, 2.75) is 38.0 Å². The molecule has 0 atom stereocenters. The average molecular weight is 345 g/mol. The highest BCUT2D eigenvalue weighted by molar-refractivity contribution is 5.80. The minimum Gasteiger partial charge on any atom is -0.343 e. The second-order valence-corrected chi connectivity index (χ2v) is 6.13. The van der Waals surface area contributed by atoms with Crippen molar-refractivity contribution in [1.29, 1.82) is 0 Å². The maximum Gasteiger partial charge on any atom is 0.391 e. The van der Waals surface area contributed by atoms with Crippen LogP contribution in [0.15, 0.2) is 4.99 Å². The molecule has 2 fully saturated rings.